The number of hydrogen-bond acceptors (Lipinski definition) is 11. The molecule has 4 aliphatic carbocycles. The fourth-order valence-corrected chi connectivity index (χ4v) is 10.0. The number of carbonyl (C=O) groups excluding carboxylic acids is 4. The van der Waals surface area contributed by atoms with Gasteiger partial charge in [0.05, 0.1) is 22.5 Å². The lowest BCUT2D eigenvalue weighted by Gasteiger charge is -2.64. The third-order valence-electron chi connectivity index (χ3n) is 12.6. The van der Waals surface area contributed by atoms with Crippen molar-refractivity contribution in [1.82, 2.24) is 0 Å². The van der Waals surface area contributed by atoms with Crippen LogP contribution in [0.5, 0.6) is 0 Å². The first kappa shape index (κ1) is 30.4. The van der Waals surface area contributed by atoms with Crippen LogP contribution >= 0.6 is 0 Å². The second kappa shape index (κ2) is 9.22. The summed E-state index contributed by atoms with van der Waals surface area (Å²) in [5, 5.41) is 37.8. The molecule has 0 aromatic rings. The molecule has 3 saturated carbocycles. The molecule has 6 aliphatic rings. The van der Waals surface area contributed by atoms with Crippen LogP contribution in [0.15, 0.2) is 23.3 Å². The van der Waals surface area contributed by atoms with Gasteiger partial charge in [0, 0.05) is 25.8 Å². The summed E-state index contributed by atoms with van der Waals surface area (Å²) in [7, 11) is 0. The van der Waals surface area contributed by atoms with Crippen LogP contribution < -0.4 is 0 Å². The first-order valence-electron chi connectivity index (χ1n) is 15.2. The monoisotopic (exact) mass is 602 g/mol. The molecule has 11 heteroatoms. The molecule has 1 spiro atoms. The number of aliphatic hydroxyl groups is 3. The van der Waals surface area contributed by atoms with Crippen LogP contribution in [0.25, 0.3) is 0 Å². The van der Waals surface area contributed by atoms with Crippen LogP contribution in [-0.4, -0.2) is 86.3 Å². The highest BCUT2D eigenvalue weighted by Crippen LogP contribution is 2.75. The number of ether oxygens (including phenoxy) is 4. The molecule has 4 fully saturated rings. The summed E-state index contributed by atoms with van der Waals surface area (Å²) in [6.07, 6.45) is 1.54. The summed E-state index contributed by atoms with van der Waals surface area (Å²) in [5.41, 5.74) is -8.35. The number of cyclic esters (lactones) is 1. The maximum atomic E-state index is 13.7. The van der Waals surface area contributed by atoms with Crippen molar-refractivity contribution in [1.29, 1.82) is 0 Å². The standard InChI is InChI=1S/C32H42O11/c1-16-13-24(42-26(36)17(16)2)28(6,37)31(39)12-11-30(38)21-14-25-32(43-25)23(41-19(4)34)8-7-22(35)27(32,5)20(21)9-10-29(30,31)15-40-18(3)33/h7-8,20-21,23-25,37-39H,9-15H2,1-6H3/t20-,21+,23+,24+,25+,27-,28?,29+,30+,31+,32+/m0/s1. The molecule has 0 bridgehead atoms. The molecule has 43 heavy (non-hydrogen) atoms. The molecule has 6 rings (SSSR count). The van der Waals surface area contributed by atoms with E-state index in [1.165, 1.54) is 26.8 Å². The number of fused-ring (bicyclic) bond motifs is 4. The van der Waals surface area contributed by atoms with Gasteiger partial charge in [0.25, 0.3) is 0 Å². The highest BCUT2D eigenvalue weighted by atomic mass is 16.7. The Morgan fingerprint density at radius 3 is 2.42 bits per heavy atom. The van der Waals surface area contributed by atoms with Gasteiger partial charge in [-0.25, -0.2) is 4.79 Å². The van der Waals surface area contributed by atoms with Crippen molar-refractivity contribution in [2.75, 3.05) is 6.61 Å². The highest BCUT2D eigenvalue weighted by molar-refractivity contribution is 5.98. The van der Waals surface area contributed by atoms with E-state index in [-0.39, 0.29) is 38.1 Å². The quantitative estimate of drug-likeness (QED) is 0.238. The van der Waals surface area contributed by atoms with E-state index >= 15 is 0 Å². The fraction of sp³-hybridized carbons (Fsp3) is 0.750. The number of carbonyl (C=O) groups is 4. The van der Waals surface area contributed by atoms with Crippen molar-refractivity contribution in [2.45, 2.75) is 121 Å². The summed E-state index contributed by atoms with van der Waals surface area (Å²) in [6, 6.07) is 0. The second-order valence-electron chi connectivity index (χ2n) is 14.1. The zero-order valence-corrected chi connectivity index (χ0v) is 25.6. The zero-order chi connectivity index (χ0) is 31.5. The first-order chi connectivity index (χ1) is 19.9. The molecule has 236 valence electrons. The molecule has 11 nitrogen and oxygen atoms in total. The van der Waals surface area contributed by atoms with E-state index < -0.39 is 81.3 Å². The zero-order valence-electron chi connectivity index (χ0n) is 25.6. The Morgan fingerprint density at radius 2 is 1.79 bits per heavy atom. The number of hydrogen-bond donors (Lipinski definition) is 3. The minimum Gasteiger partial charge on any atom is -0.465 e. The molecule has 11 atom stereocenters. The lowest BCUT2D eigenvalue weighted by molar-refractivity contribution is -0.297. The molecule has 0 aromatic carbocycles. The normalized spacial score (nSPS) is 47.8. The molecular formula is C32H42O11. The van der Waals surface area contributed by atoms with Crippen molar-refractivity contribution in [3.63, 3.8) is 0 Å². The Labute approximate surface area is 250 Å². The van der Waals surface area contributed by atoms with E-state index in [0.29, 0.717) is 18.4 Å². The van der Waals surface area contributed by atoms with E-state index in [2.05, 4.69) is 0 Å². The summed E-state index contributed by atoms with van der Waals surface area (Å²) in [4.78, 5) is 50.6. The molecule has 2 heterocycles. The van der Waals surface area contributed by atoms with Crippen LogP contribution in [0.4, 0.5) is 0 Å². The van der Waals surface area contributed by atoms with Gasteiger partial charge < -0.3 is 34.3 Å². The number of ketones is 1. The Hall–Kier alpha value is -2.60. The molecular weight excluding hydrogens is 560 g/mol. The average Bonchev–Trinajstić information content (AvgIpc) is 3.61. The number of rotatable bonds is 5. The number of epoxide rings is 1. The van der Waals surface area contributed by atoms with E-state index in [4.69, 9.17) is 18.9 Å². The lowest BCUT2D eigenvalue weighted by Crippen LogP contribution is -2.75. The van der Waals surface area contributed by atoms with Crippen molar-refractivity contribution in [3.8, 4) is 0 Å². The summed E-state index contributed by atoms with van der Waals surface area (Å²) in [6.45, 7) is 8.82. The van der Waals surface area contributed by atoms with Gasteiger partial charge in [0.15, 0.2) is 11.9 Å². The third kappa shape index (κ3) is 3.56. The summed E-state index contributed by atoms with van der Waals surface area (Å²) >= 11 is 0. The van der Waals surface area contributed by atoms with Crippen LogP contribution in [0, 0.1) is 22.7 Å². The van der Waals surface area contributed by atoms with E-state index in [1.54, 1.807) is 19.9 Å². The van der Waals surface area contributed by atoms with Crippen molar-refractivity contribution < 1.29 is 53.4 Å². The maximum Gasteiger partial charge on any atom is 0.334 e. The molecule has 1 saturated heterocycles. The van der Waals surface area contributed by atoms with E-state index in [1.807, 2.05) is 6.92 Å². The fourth-order valence-electron chi connectivity index (χ4n) is 10.0. The SMILES string of the molecule is CC(=O)OC[C@]12CC[C@H]3[C@@H](C[C@H]4O[C@]45[C@H](OC(C)=O)C=CC(=O)[C@]35C)[C@]1(O)CC[C@@]2(O)C(C)(O)[C@H]1CC(C)=C(C)C(=O)O1. The predicted molar refractivity (Wildman–Crippen MR) is 148 cm³/mol. The summed E-state index contributed by atoms with van der Waals surface area (Å²) < 4.78 is 23.1. The van der Waals surface area contributed by atoms with Crippen molar-refractivity contribution >= 4 is 23.7 Å². The molecule has 0 radical (unpaired) electrons. The molecule has 2 aliphatic heterocycles. The third-order valence-corrected chi connectivity index (χ3v) is 12.6. The first-order valence-corrected chi connectivity index (χ1v) is 15.2. The van der Waals surface area contributed by atoms with E-state index in [0.717, 1.165) is 5.57 Å². The van der Waals surface area contributed by atoms with E-state index in [9.17, 15) is 34.5 Å². The molecule has 1 unspecified atom stereocenters. The van der Waals surface area contributed by atoms with Gasteiger partial charge in [-0.1, -0.05) is 5.57 Å². The largest absolute Gasteiger partial charge is 0.465 e. The van der Waals surface area contributed by atoms with Crippen molar-refractivity contribution in [2.24, 2.45) is 22.7 Å². The molecule has 0 amide bonds. The highest BCUT2D eigenvalue weighted by Gasteiger charge is 2.85. The van der Waals surface area contributed by atoms with Crippen LogP contribution in [-0.2, 0) is 38.1 Å². The van der Waals surface area contributed by atoms with Crippen LogP contribution in [0.2, 0.25) is 0 Å². The Kier molecular flexibility index (Phi) is 6.52. The Bertz CT molecular complexity index is 1360. The predicted octanol–water partition coefficient (Wildman–Crippen LogP) is 1.84. The van der Waals surface area contributed by atoms with Crippen molar-refractivity contribution in [3.05, 3.63) is 23.3 Å². The Morgan fingerprint density at radius 1 is 1.09 bits per heavy atom. The van der Waals surface area contributed by atoms with Crippen LogP contribution in [0.1, 0.15) is 80.1 Å². The van der Waals surface area contributed by atoms with Crippen LogP contribution in [0.3, 0.4) is 0 Å². The maximum absolute atomic E-state index is 13.7. The number of allylic oxidation sites excluding steroid dienone is 1. The Balaban J connectivity index is 1.43. The van der Waals surface area contributed by atoms with Gasteiger partial charge in [-0.3, -0.25) is 14.4 Å². The van der Waals surface area contributed by atoms with Gasteiger partial charge in [-0.05, 0) is 83.8 Å². The van der Waals surface area contributed by atoms with Gasteiger partial charge in [0.2, 0.25) is 0 Å². The minimum absolute atomic E-state index is 0.0454. The van der Waals surface area contributed by atoms with Gasteiger partial charge in [0.1, 0.15) is 29.5 Å². The molecule has 3 N–H and O–H groups in total. The second-order valence-corrected chi connectivity index (χ2v) is 14.1. The summed E-state index contributed by atoms with van der Waals surface area (Å²) in [5.74, 6) is -2.88. The number of esters is 3. The van der Waals surface area contributed by atoms with Gasteiger partial charge in [-0.2, -0.15) is 0 Å². The lowest BCUT2D eigenvalue weighted by atomic mass is 9.42. The van der Waals surface area contributed by atoms with Gasteiger partial charge >= 0.3 is 17.9 Å². The van der Waals surface area contributed by atoms with Gasteiger partial charge in [-0.15, -0.1) is 0 Å². The smallest absolute Gasteiger partial charge is 0.334 e. The minimum atomic E-state index is -2.04. The molecule has 0 aromatic heterocycles. The average molecular weight is 603 g/mol. The topological polar surface area (TPSA) is 169 Å².